The average molecular weight is 349 g/mol. The zero-order valence-corrected chi connectivity index (χ0v) is 16.0. The fourth-order valence-electron chi connectivity index (χ4n) is 1.88. The molecule has 0 rings (SSSR count). The number of nitrogens with zero attached hydrogens (tertiary/aromatic N) is 1. The monoisotopic (exact) mass is 349 g/mol. The second-order valence-corrected chi connectivity index (χ2v) is 7.22. The van der Waals surface area contributed by atoms with Crippen LogP contribution in [0.3, 0.4) is 0 Å². The molecule has 1 amide bonds. The van der Waals surface area contributed by atoms with Crippen molar-refractivity contribution in [1.29, 1.82) is 0 Å². The molecule has 0 aromatic rings. The quantitative estimate of drug-likeness (QED) is 0.344. The number of amides is 1. The summed E-state index contributed by atoms with van der Waals surface area (Å²) >= 11 is 0. The number of alkyl halides is 1. The van der Waals surface area contributed by atoms with E-state index in [4.69, 9.17) is 14.3 Å². The third kappa shape index (κ3) is 11.3. The van der Waals surface area contributed by atoms with Gasteiger partial charge in [0.25, 0.3) is 0 Å². The highest BCUT2D eigenvalue weighted by Gasteiger charge is 2.28. The number of hydrogen-bond donors (Lipinski definition) is 0. The van der Waals surface area contributed by atoms with Crippen molar-refractivity contribution in [3.63, 3.8) is 0 Å². The number of halogens is 1. The molecule has 0 radical (unpaired) electrons. The van der Waals surface area contributed by atoms with Gasteiger partial charge in [0.1, 0.15) is 5.60 Å². The van der Waals surface area contributed by atoms with Crippen LogP contribution in [0.15, 0.2) is 0 Å². The van der Waals surface area contributed by atoms with Crippen LogP contribution in [0.1, 0.15) is 60.3 Å². The molecule has 0 aliphatic heterocycles. The van der Waals surface area contributed by atoms with Gasteiger partial charge < -0.3 is 9.47 Å². The van der Waals surface area contributed by atoms with Crippen LogP contribution in [0, 0.1) is 5.92 Å². The number of esters is 1. The SMILES string of the molecule is CON(C)C(=O)CCCC[C@H](COC(C)(C)F)C(=O)OC(C)(C)C. The van der Waals surface area contributed by atoms with E-state index >= 15 is 0 Å². The van der Waals surface area contributed by atoms with E-state index in [9.17, 15) is 14.0 Å². The van der Waals surface area contributed by atoms with Crippen LogP contribution in [0.5, 0.6) is 0 Å². The Morgan fingerprint density at radius 2 is 1.71 bits per heavy atom. The zero-order chi connectivity index (χ0) is 19.0. The first-order chi connectivity index (χ1) is 10.9. The van der Waals surface area contributed by atoms with Crippen molar-refractivity contribution < 1.29 is 28.3 Å². The van der Waals surface area contributed by atoms with Gasteiger partial charge in [-0.3, -0.25) is 14.4 Å². The first-order valence-electron chi connectivity index (χ1n) is 8.22. The molecule has 24 heavy (non-hydrogen) atoms. The highest BCUT2D eigenvalue weighted by molar-refractivity contribution is 5.74. The molecule has 0 aromatic heterocycles. The van der Waals surface area contributed by atoms with E-state index in [0.29, 0.717) is 25.7 Å². The summed E-state index contributed by atoms with van der Waals surface area (Å²) in [6.07, 6.45) is 2.02. The van der Waals surface area contributed by atoms with Crippen molar-refractivity contribution in [2.45, 2.75) is 71.8 Å². The van der Waals surface area contributed by atoms with Crippen molar-refractivity contribution in [3.8, 4) is 0 Å². The summed E-state index contributed by atoms with van der Waals surface area (Å²) in [6, 6.07) is 0. The molecule has 0 aliphatic rings. The van der Waals surface area contributed by atoms with Gasteiger partial charge in [-0.05, 0) is 47.5 Å². The average Bonchev–Trinajstić information content (AvgIpc) is 2.42. The molecular weight excluding hydrogens is 317 g/mol. The highest BCUT2D eigenvalue weighted by atomic mass is 19.2. The smallest absolute Gasteiger partial charge is 0.311 e. The van der Waals surface area contributed by atoms with Crippen LogP contribution in [-0.4, -0.2) is 49.2 Å². The number of hydroxylamine groups is 2. The van der Waals surface area contributed by atoms with E-state index in [1.807, 2.05) is 0 Å². The molecule has 0 saturated carbocycles. The molecule has 0 heterocycles. The molecule has 6 nitrogen and oxygen atoms in total. The van der Waals surface area contributed by atoms with Crippen LogP contribution in [0.25, 0.3) is 0 Å². The molecule has 1 atom stereocenters. The van der Waals surface area contributed by atoms with Gasteiger partial charge in [-0.15, -0.1) is 0 Å². The van der Waals surface area contributed by atoms with Crippen LogP contribution < -0.4 is 0 Å². The van der Waals surface area contributed by atoms with Crippen LogP contribution in [-0.2, 0) is 23.9 Å². The third-order valence-electron chi connectivity index (χ3n) is 3.19. The first kappa shape index (κ1) is 22.8. The Bertz CT molecular complexity index is 401. The predicted molar refractivity (Wildman–Crippen MR) is 88.7 cm³/mol. The summed E-state index contributed by atoms with van der Waals surface area (Å²) < 4.78 is 24.0. The minimum Gasteiger partial charge on any atom is -0.460 e. The Morgan fingerprint density at radius 1 is 1.12 bits per heavy atom. The Hall–Kier alpha value is -1.21. The lowest BCUT2D eigenvalue weighted by molar-refractivity contribution is -0.171. The van der Waals surface area contributed by atoms with E-state index in [0.717, 1.165) is 0 Å². The van der Waals surface area contributed by atoms with Crippen molar-refractivity contribution in [3.05, 3.63) is 0 Å². The fraction of sp³-hybridized carbons (Fsp3) is 0.882. The van der Waals surface area contributed by atoms with Crippen molar-refractivity contribution >= 4 is 11.9 Å². The van der Waals surface area contributed by atoms with Crippen molar-refractivity contribution in [1.82, 2.24) is 5.06 Å². The molecule has 142 valence electrons. The Kier molecular flexibility index (Phi) is 9.43. The molecule has 7 heteroatoms. The Balaban J connectivity index is 4.49. The topological polar surface area (TPSA) is 65.1 Å². The molecule has 0 unspecified atom stereocenters. The van der Waals surface area contributed by atoms with Crippen molar-refractivity contribution in [2.24, 2.45) is 5.92 Å². The van der Waals surface area contributed by atoms with Gasteiger partial charge in [0.2, 0.25) is 11.8 Å². The van der Waals surface area contributed by atoms with Gasteiger partial charge in [-0.25, -0.2) is 9.45 Å². The maximum atomic E-state index is 13.5. The summed E-state index contributed by atoms with van der Waals surface area (Å²) in [6.45, 7) is 7.87. The maximum Gasteiger partial charge on any atom is 0.311 e. The first-order valence-corrected chi connectivity index (χ1v) is 8.22. The predicted octanol–water partition coefficient (Wildman–Crippen LogP) is 3.25. The summed E-state index contributed by atoms with van der Waals surface area (Å²) in [5.41, 5.74) is -0.613. The van der Waals surface area contributed by atoms with Crippen LogP contribution in [0.2, 0.25) is 0 Å². The van der Waals surface area contributed by atoms with E-state index in [-0.39, 0.29) is 12.5 Å². The standard InChI is InChI=1S/C17H32FNO5/c1-16(2,3)24-15(21)13(12-23-17(4,5)18)10-8-9-11-14(20)19(6)22-7/h13H,8-12H2,1-7H3/t13-/m1/s1. The number of carbonyl (C=O) groups excluding carboxylic acids is 2. The minimum absolute atomic E-state index is 0.0513. The Labute approximate surface area is 144 Å². The molecule has 0 bridgehead atoms. The van der Waals surface area contributed by atoms with E-state index in [1.165, 1.54) is 26.0 Å². The zero-order valence-electron chi connectivity index (χ0n) is 16.0. The lowest BCUT2D eigenvalue weighted by Crippen LogP contribution is -2.33. The van der Waals surface area contributed by atoms with Crippen LogP contribution in [0.4, 0.5) is 4.39 Å². The fourth-order valence-corrected chi connectivity index (χ4v) is 1.88. The van der Waals surface area contributed by atoms with Crippen molar-refractivity contribution in [2.75, 3.05) is 20.8 Å². The van der Waals surface area contributed by atoms with Gasteiger partial charge in [0.05, 0.1) is 19.6 Å². The second-order valence-electron chi connectivity index (χ2n) is 7.22. The Morgan fingerprint density at radius 3 is 2.17 bits per heavy atom. The van der Waals surface area contributed by atoms with E-state index in [2.05, 4.69) is 0 Å². The molecular formula is C17H32FNO5. The summed E-state index contributed by atoms with van der Waals surface area (Å²) in [5, 5.41) is 1.17. The number of rotatable bonds is 10. The molecule has 0 spiro atoms. The maximum absolute atomic E-state index is 13.5. The van der Waals surface area contributed by atoms with E-state index < -0.39 is 23.3 Å². The van der Waals surface area contributed by atoms with Crippen LogP contribution >= 0.6 is 0 Å². The third-order valence-corrected chi connectivity index (χ3v) is 3.19. The lowest BCUT2D eigenvalue weighted by atomic mass is 10.0. The number of hydrogen-bond acceptors (Lipinski definition) is 5. The van der Waals surface area contributed by atoms with Gasteiger partial charge in [0.15, 0.2) is 0 Å². The van der Waals surface area contributed by atoms with Gasteiger partial charge >= 0.3 is 5.97 Å². The molecule has 0 aromatic carbocycles. The number of carbonyl (C=O) groups is 2. The summed E-state index contributed by atoms with van der Waals surface area (Å²) in [4.78, 5) is 28.7. The molecule has 0 fully saturated rings. The molecule has 0 N–H and O–H groups in total. The molecule has 0 saturated heterocycles. The van der Waals surface area contributed by atoms with Gasteiger partial charge in [-0.1, -0.05) is 6.42 Å². The highest BCUT2D eigenvalue weighted by Crippen LogP contribution is 2.20. The van der Waals surface area contributed by atoms with Gasteiger partial charge in [-0.2, -0.15) is 0 Å². The van der Waals surface area contributed by atoms with Gasteiger partial charge in [0, 0.05) is 13.5 Å². The number of ether oxygens (including phenoxy) is 2. The minimum atomic E-state index is -1.81. The normalized spacial score (nSPS) is 13.5. The summed E-state index contributed by atoms with van der Waals surface area (Å²) in [5.74, 6) is -2.91. The van der Waals surface area contributed by atoms with E-state index in [1.54, 1.807) is 27.8 Å². The number of unbranched alkanes of at least 4 members (excludes halogenated alkanes) is 1. The second kappa shape index (κ2) is 9.93. The largest absolute Gasteiger partial charge is 0.460 e. The lowest BCUT2D eigenvalue weighted by Gasteiger charge is -2.25. The molecule has 0 aliphatic carbocycles. The summed E-state index contributed by atoms with van der Waals surface area (Å²) in [7, 11) is 2.97.